The van der Waals surface area contributed by atoms with Crippen LogP contribution in [0.25, 0.3) is 0 Å². The summed E-state index contributed by atoms with van der Waals surface area (Å²) < 4.78 is 25.2. The molecule has 1 unspecified atom stereocenters. The number of thioether (sulfide) groups is 1. The smallest absolute Gasteiger partial charge is 0.191 e. The lowest BCUT2D eigenvalue weighted by Crippen LogP contribution is -2.11. The lowest BCUT2D eigenvalue weighted by molar-refractivity contribution is 0.552. The highest BCUT2D eigenvalue weighted by molar-refractivity contribution is 7.98. The van der Waals surface area contributed by atoms with Gasteiger partial charge in [0.05, 0.1) is 11.5 Å². The van der Waals surface area contributed by atoms with Gasteiger partial charge in [0.25, 0.3) is 0 Å². The minimum absolute atomic E-state index is 0.176. The summed E-state index contributed by atoms with van der Waals surface area (Å²) in [6.07, 6.45) is 1.42. The maximum absolute atomic E-state index is 11.6. The Balaban J connectivity index is 1.66. The molecule has 0 N–H and O–H groups in total. The molecule has 1 atom stereocenters. The van der Waals surface area contributed by atoms with Crippen LogP contribution in [0.1, 0.15) is 28.9 Å². The van der Waals surface area contributed by atoms with Crippen LogP contribution in [0.4, 0.5) is 0 Å². The fraction of sp³-hybridized carbons (Fsp3) is 0.529. The van der Waals surface area contributed by atoms with E-state index in [4.69, 9.17) is 0 Å². The van der Waals surface area contributed by atoms with Gasteiger partial charge in [-0.1, -0.05) is 35.5 Å². The van der Waals surface area contributed by atoms with E-state index in [2.05, 4.69) is 42.2 Å². The number of sulfone groups is 1. The fourth-order valence-electron chi connectivity index (χ4n) is 3.04. The van der Waals surface area contributed by atoms with Crippen LogP contribution in [-0.2, 0) is 29.1 Å². The van der Waals surface area contributed by atoms with Gasteiger partial charge in [0.2, 0.25) is 0 Å². The molecule has 0 aliphatic carbocycles. The van der Waals surface area contributed by atoms with Gasteiger partial charge in [0, 0.05) is 19.2 Å². The Kier molecular flexibility index (Phi) is 5.01. The Morgan fingerprint density at radius 3 is 2.79 bits per heavy atom. The summed E-state index contributed by atoms with van der Waals surface area (Å²) >= 11 is 1.67. The van der Waals surface area contributed by atoms with Gasteiger partial charge >= 0.3 is 0 Å². The molecule has 1 aliphatic heterocycles. The van der Waals surface area contributed by atoms with Crippen LogP contribution in [0.5, 0.6) is 0 Å². The third kappa shape index (κ3) is 4.00. The van der Waals surface area contributed by atoms with Gasteiger partial charge in [-0.3, -0.25) is 0 Å². The summed E-state index contributed by atoms with van der Waals surface area (Å²) in [6.45, 7) is 4.22. The average molecular weight is 366 g/mol. The molecule has 0 saturated carbocycles. The van der Waals surface area contributed by atoms with Gasteiger partial charge in [-0.15, -0.1) is 10.2 Å². The third-order valence-corrected chi connectivity index (χ3v) is 7.49. The molecular formula is C17H23N3O2S2. The first-order chi connectivity index (χ1) is 11.3. The molecule has 1 aromatic heterocycles. The first-order valence-corrected chi connectivity index (χ1v) is 10.9. The number of rotatable bonds is 5. The van der Waals surface area contributed by atoms with Crippen molar-refractivity contribution in [3.63, 3.8) is 0 Å². The molecule has 0 spiro atoms. The highest BCUT2D eigenvalue weighted by Crippen LogP contribution is 2.26. The van der Waals surface area contributed by atoms with Crippen molar-refractivity contribution >= 4 is 21.6 Å². The van der Waals surface area contributed by atoms with Crippen LogP contribution in [0.3, 0.4) is 0 Å². The van der Waals surface area contributed by atoms with E-state index < -0.39 is 9.84 Å². The molecule has 2 aromatic rings. The minimum Gasteiger partial charge on any atom is -0.309 e. The number of nitrogens with zero attached hydrogens (tertiary/aromatic N) is 3. The highest BCUT2D eigenvalue weighted by Gasteiger charge is 2.29. The molecule has 7 heteroatoms. The Bertz CT molecular complexity index is 844. The van der Waals surface area contributed by atoms with Crippen molar-refractivity contribution in [3.8, 4) is 0 Å². The van der Waals surface area contributed by atoms with Crippen LogP contribution in [0, 0.1) is 19.8 Å². The second-order valence-corrected chi connectivity index (χ2v) is 9.82. The predicted octanol–water partition coefficient (Wildman–Crippen LogP) is 2.70. The van der Waals surface area contributed by atoms with E-state index in [1.54, 1.807) is 11.8 Å². The normalized spacial score (nSPS) is 19.7. The topological polar surface area (TPSA) is 64.8 Å². The lowest BCUT2D eigenvalue weighted by Gasteiger charge is -2.09. The summed E-state index contributed by atoms with van der Waals surface area (Å²) in [5, 5.41) is 9.45. The van der Waals surface area contributed by atoms with Crippen molar-refractivity contribution in [1.29, 1.82) is 0 Å². The van der Waals surface area contributed by atoms with Gasteiger partial charge in [-0.25, -0.2) is 8.42 Å². The van der Waals surface area contributed by atoms with E-state index in [9.17, 15) is 8.42 Å². The van der Waals surface area contributed by atoms with Crippen molar-refractivity contribution < 1.29 is 8.42 Å². The standard InChI is InChI=1S/C17H23N3O2S2/c1-12-4-5-13(2)15(8-12)10-23-17-19-18-16(20(17)3)9-14-6-7-24(21,22)11-14/h4-5,8,14H,6-7,9-11H2,1-3H3. The van der Waals surface area contributed by atoms with Gasteiger partial charge in [-0.2, -0.15) is 0 Å². The van der Waals surface area contributed by atoms with Crippen LogP contribution in [0.2, 0.25) is 0 Å². The molecule has 1 aromatic carbocycles. The largest absolute Gasteiger partial charge is 0.309 e. The van der Waals surface area contributed by atoms with E-state index in [1.807, 2.05) is 11.6 Å². The van der Waals surface area contributed by atoms with Crippen LogP contribution < -0.4 is 0 Å². The van der Waals surface area contributed by atoms with Crippen molar-refractivity contribution in [1.82, 2.24) is 14.8 Å². The van der Waals surface area contributed by atoms with Crippen molar-refractivity contribution in [2.45, 2.75) is 37.6 Å². The van der Waals surface area contributed by atoms with E-state index in [0.717, 1.165) is 23.2 Å². The summed E-state index contributed by atoms with van der Waals surface area (Å²) in [5.41, 5.74) is 3.86. The van der Waals surface area contributed by atoms with Crippen molar-refractivity contribution in [2.24, 2.45) is 13.0 Å². The molecular weight excluding hydrogens is 342 g/mol. The zero-order chi connectivity index (χ0) is 17.3. The molecule has 5 nitrogen and oxygen atoms in total. The lowest BCUT2D eigenvalue weighted by atomic mass is 10.1. The number of hydrogen-bond acceptors (Lipinski definition) is 5. The summed E-state index contributed by atoms with van der Waals surface area (Å²) in [5.74, 6) is 2.50. The van der Waals surface area contributed by atoms with E-state index in [0.29, 0.717) is 12.2 Å². The fourth-order valence-corrected chi connectivity index (χ4v) is 5.89. The Morgan fingerprint density at radius 1 is 1.29 bits per heavy atom. The average Bonchev–Trinajstić information content (AvgIpc) is 3.04. The number of benzene rings is 1. The van der Waals surface area contributed by atoms with Crippen molar-refractivity contribution in [2.75, 3.05) is 11.5 Å². The summed E-state index contributed by atoms with van der Waals surface area (Å²) in [4.78, 5) is 0. The molecule has 24 heavy (non-hydrogen) atoms. The van der Waals surface area contributed by atoms with Crippen molar-refractivity contribution in [3.05, 3.63) is 40.7 Å². The van der Waals surface area contributed by atoms with Gasteiger partial charge in [0.1, 0.15) is 5.82 Å². The van der Waals surface area contributed by atoms with Crippen LogP contribution in [0.15, 0.2) is 23.4 Å². The molecule has 1 aliphatic rings. The second-order valence-electron chi connectivity index (χ2n) is 6.65. The first-order valence-electron chi connectivity index (χ1n) is 8.12. The quantitative estimate of drug-likeness (QED) is 0.762. The van der Waals surface area contributed by atoms with E-state index in [1.165, 1.54) is 16.7 Å². The highest BCUT2D eigenvalue weighted by atomic mass is 32.2. The van der Waals surface area contributed by atoms with Gasteiger partial charge in [0.15, 0.2) is 15.0 Å². The summed E-state index contributed by atoms with van der Waals surface area (Å²) in [7, 11) is -0.877. The maximum Gasteiger partial charge on any atom is 0.191 e. The third-order valence-electron chi connectivity index (χ3n) is 4.58. The molecule has 1 saturated heterocycles. The number of aromatic nitrogens is 3. The van der Waals surface area contributed by atoms with Gasteiger partial charge < -0.3 is 4.57 Å². The molecule has 1 fully saturated rings. The Labute approximate surface area is 147 Å². The molecule has 2 heterocycles. The molecule has 0 amide bonds. The predicted molar refractivity (Wildman–Crippen MR) is 96.9 cm³/mol. The Morgan fingerprint density at radius 2 is 2.08 bits per heavy atom. The zero-order valence-electron chi connectivity index (χ0n) is 14.3. The Hall–Kier alpha value is -1.34. The number of aryl methyl sites for hydroxylation is 2. The van der Waals surface area contributed by atoms with Gasteiger partial charge in [-0.05, 0) is 37.3 Å². The SMILES string of the molecule is Cc1ccc(C)c(CSc2nnc(CC3CCS(=O)(=O)C3)n2C)c1. The monoisotopic (exact) mass is 365 g/mol. The minimum atomic E-state index is -2.84. The molecule has 0 radical (unpaired) electrons. The molecule has 3 rings (SSSR count). The van der Waals surface area contributed by atoms with E-state index in [-0.39, 0.29) is 11.7 Å². The van der Waals surface area contributed by atoms with Crippen LogP contribution in [-0.4, -0.2) is 34.7 Å². The van der Waals surface area contributed by atoms with Crippen LogP contribution >= 0.6 is 11.8 Å². The first kappa shape index (κ1) is 17.5. The summed E-state index contributed by atoms with van der Waals surface area (Å²) in [6, 6.07) is 6.48. The molecule has 0 bridgehead atoms. The second kappa shape index (κ2) is 6.88. The zero-order valence-corrected chi connectivity index (χ0v) is 16.0. The molecule has 130 valence electrons. The van der Waals surface area contributed by atoms with E-state index >= 15 is 0 Å². The maximum atomic E-state index is 11.6. The number of hydrogen-bond donors (Lipinski definition) is 0.